The molecular formula is C14H11NO. The number of fused-ring (bicyclic) bond motifs is 3. The van der Waals surface area contributed by atoms with Crippen LogP contribution in [0.25, 0.3) is 27.4 Å². The van der Waals surface area contributed by atoms with E-state index in [1.807, 2.05) is 10.6 Å². The van der Waals surface area contributed by atoms with Gasteiger partial charge in [-0.1, -0.05) is 37.3 Å². The summed E-state index contributed by atoms with van der Waals surface area (Å²) in [6, 6.07) is 12.8. The standard InChI is InChI=1S/C14H11NO/c1-2-9-7-8-11-10-5-3-4-6-12(10)15-13(11)14(9)16-15/h3-8H,2H2,1H3. The third-order valence-corrected chi connectivity index (χ3v) is 3.39. The number of hydrogen-bond donors (Lipinski definition) is 0. The summed E-state index contributed by atoms with van der Waals surface area (Å²) in [4.78, 5) is 0. The minimum atomic E-state index is 1.02. The van der Waals surface area contributed by atoms with Gasteiger partial charge in [0.05, 0.1) is 5.52 Å². The van der Waals surface area contributed by atoms with Gasteiger partial charge < -0.3 is 4.52 Å². The second-order valence-corrected chi connectivity index (χ2v) is 4.21. The average molecular weight is 209 g/mol. The van der Waals surface area contributed by atoms with Gasteiger partial charge in [-0.05, 0) is 18.1 Å². The Labute approximate surface area is 92.4 Å². The smallest absolute Gasteiger partial charge is 0.186 e. The van der Waals surface area contributed by atoms with Crippen LogP contribution in [0.3, 0.4) is 0 Å². The first-order valence-electron chi connectivity index (χ1n) is 5.63. The molecular weight excluding hydrogens is 198 g/mol. The van der Waals surface area contributed by atoms with E-state index >= 15 is 0 Å². The normalized spacial score (nSPS) is 12.3. The summed E-state index contributed by atoms with van der Waals surface area (Å²) in [6.07, 6.45) is 1.02. The van der Waals surface area contributed by atoms with Crippen LogP contribution in [0.15, 0.2) is 40.9 Å². The van der Waals surface area contributed by atoms with E-state index < -0.39 is 0 Å². The monoisotopic (exact) mass is 209 g/mol. The SMILES string of the molecule is CCc1ccc2c3ccccc3n3oc1c23. The third-order valence-electron chi connectivity index (χ3n) is 3.39. The highest BCUT2D eigenvalue weighted by Gasteiger charge is 2.18. The van der Waals surface area contributed by atoms with E-state index in [9.17, 15) is 0 Å². The van der Waals surface area contributed by atoms with Crippen LogP contribution in [0.4, 0.5) is 0 Å². The molecule has 2 heterocycles. The van der Waals surface area contributed by atoms with Gasteiger partial charge in [0, 0.05) is 10.8 Å². The number of benzene rings is 2. The van der Waals surface area contributed by atoms with Gasteiger partial charge in [-0.15, -0.1) is 0 Å². The van der Waals surface area contributed by atoms with Crippen molar-refractivity contribution in [1.29, 1.82) is 0 Å². The van der Waals surface area contributed by atoms with E-state index in [2.05, 4.69) is 37.3 Å². The molecule has 4 aromatic rings. The van der Waals surface area contributed by atoms with Crippen molar-refractivity contribution in [2.75, 3.05) is 0 Å². The summed E-state index contributed by atoms with van der Waals surface area (Å²) in [7, 11) is 0. The number of aromatic nitrogens is 1. The van der Waals surface area contributed by atoms with Gasteiger partial charge in [0.15, 0.2) is 5.58 Å². The summed E-state index contributed by atoms with van der Waals surface area (Å²) < 4.78 is 7.71. The minimum absolute atomic E-state index is 1.02. The maximum atomic E-state index is 5.77. The van der Waals surface area contributed by atoms with Gasteiger partial charge in [0.1, 0.15) is 5.52 Å². The molecule has 0 saturated carbocycles. The van der Waals surface area contributed by atoms with Crippen LogP contribution >= 0.6 is 0 Å². The lowest BCUT2D eigenvalue weighted by Gasteiger charge is -2.08. The molecule has 0 amide bonds. The topological polar surface area (TPSA) is 17.6 Å². The lowest BCUT2D eigenvalue weighted by molar-refractivity contribution is 0.383. The molecule has 4 rings (SSSR count). The molecule has 0 saturated heterocycles. The highest BCUT2D eigenvalue weighted by Crippen LogP contribution is 2.36. The molecule has 0 radical (unpaired) electrons. The summed E-state index contributed by atoms with van der Waals surface area (Å²) >= 11 is 0. The summed E-state index contributed by atoms with van der Waals surface area (Å²) in [5, 5.41) is 2.58. The van der Waals surface area contributed by atoms with E-state index in [1.165, 1.54) is 27.4 Å². The highest BCUT2D eigenvalue weighted by molar-refractivity contribution is 6.13. The Morgan fingerprint density at radius 1 is 1.06 bits per heavy atom. The molecule has 0 unspecified atom stereocenters. The predicted octanol–water partition coefficient (Wildman–Crippen LogP) is 3.84. The molecule has 2 aromatic carbocycles. The lowest BCUT2D eigenvalue weighted by Crippen LogP contribution is -1.94. The highest BCUT2D eigenvalue weighted by atomic mass is 16.5. The largest absolute Gasteiger partial charge is 0.372 e. The van der Waals surface area contributed by atoms with Crippen LogP contribution in [0.5, 0.6) is 0 Å². The fourth-order valence-electron chi connectivity index (χ4n) is 2.56. The van der Waals surface area contributed by atoms with Crippen LogP contribution in [-0.4, -0.2) is 4.57 Å². The molecule has 0 aliphatic heterocycles. The van der Waals surface area contributed by atoms with Crippen molar-refractivity contribution in [3.8, 4) is 0 Å². The van der Waals surface area contributed by atoms with Crippen LogP contribution in [-0.2, 0) is 6.42 Å². The number of hydrogen-bond acceptors (Lipinski definition) is 1. The molecule has 0 spiro atoms. The molecule has 78 valence electrons. The van der Waals surface area contributed by atoms with E-state index in [0.717, 1.165) is 12.0 Å². The van der Waals surface area contributed by atoms with E-state index in [0.29, 0.717) is 0 Å². The molecule has 0 aliphatic carbocycles. The van der Waals surface area contributed by atoms with Crippen molar-refractivity contribution < 1.29 is 4.52 Å². The van der Waals surface area contributed by atoms with E-state index in [4.69, 9.17) is 4.52 Å². The molecule has 16 heavy (non-hydrogen) atoms. The molecule has 0 fully saturated rings. The second kappa shape index (κ2) is 2.59. The van der Waals surface area contributed by atoms with Crippen molar-refractivity contribution in [2.24, 2.45) is 0 Å². The first kappa shape index (κ1) is 8.22. The molecule has 2 aromatic heterocycles. The van der Waals surface area contributed by atoms with Gasteiger partial charge in [0.25, 0.3) is 0 Å². The second-order valence-electron chi connectivity index (χ2n) is 4.21. The van der Waals surface area contributed by atoms with Gasteiger partial charge in [-0.25, -0.2) is 0 Å². The zero-order chi connectivity index (χ0) is 10.7. The van der Waals surface area contributed by atoms with Crippen molar-refractivity contribution in [3.63, 3.8) is 0 Å². The quantitative estimate of drug-likeness (QED) is 0.465. The summed E-state index contributed by atoms with van der Waals surface area (Å²) in [5.74, 6) is 0. The van der Waals surface area contributed by atoms with Crippen LogP contribution in [0.1, 0.15) is 12.5 Å². The molecule has 0 bridgehead atoms. The van der Waals surface area contributed by atoms with E-state index in [1.54, 1.807) is 0 Å². The zero-order valence-electron chi connectivity index (χ0n) is 9.03. The predicted molar refractivity (Wildman–Crippen MR) is 65.2 cm³/mol. The van der Waals surface area contributed by atoms with Gasteiger partial charge >= 0.3 is 0 Å². The zero-order valence-corrected chi connectivity index (χ0v) is 9.03. The van der Waals surface area contributed by atoms with Crippen molar-refractivity contribution in [1.82, 2.24) is 4.57 Å². The maximum Gasteiger partial charge on any atom is 0.186 e. The first-order valence-corrected chi connectivity index (χ1v) is 5.63. The Morgan fingerprint density at radius 3 is 2.81 bits per heavy atom. The summed E-state index contributed by atoms with van der Waals surface area (Å²) in [5.41, 5.74) is 4.78. The molecule has 0 N–H and O–H groups in total. The molecule has 0 aliphatic rings. The van der Waals surface area contributed by atoms with Crippen LogP contribution in [0.2, 0.25) is 0 Å². The van der Waals surface area contributed by atoms with Crippen molar-refractivity contribution >= 4 is 27.4 Å². The Kier molecular flexibility index (Phi) is 1.33. The Bertz CT molecular complexity index is 791. The van der Waals surface area contributed by atoms with Gasteiger partial charge in [-0.3, -0.25) is 0 Å². The molecule has 2 nitrogen and oxygen atoms in total. The minimum Gasteiger partial charge on any atom is -0.372 e. The lowest BCUT2D eigenvalue weighted by atomic mass is 10.1. The Balaban J connectivity index is 2.31. The first-order chi connectivity index (χ1) is 7.90. The number of para-hydroxylation sites is 1. The third kappa shape index (κ3) is 0.757. The number of aryl methyl sites for hydroxylation is 1. The van der Waals surface area contributed by atoms with Crippen molar-refractivity contribution in [2.45, 2.75) is 13.3 Å². The van der Waals surface area contributed by atoms with Crippen LogP contribution in [0, 0.1) is 0 Å². The van der Waals surface area contributed by atoms with E-state index in [-0.39, 0.29) is 0 Å². The Hall–Kier alpha value is -1.96. The molecule has 0 atom stereocenters. The number of rotatable bonds is 1. The fraction of sp³-hybridized carbons (Fsp3) is 0.143. The molecule has 2 heteroatoms. The van der Waals surface area contributed by atoms with Gasteiger partial charge in [0.2, 0.25) is 0 Å². The number of nitrogens with zero attached hydrogens (tertiary/aromatic N) is 1. The van der Waals surface area contributed by atoms with Gasteiger partial charge in [-0.2, -0.15) is 4.57 Å². The maximum absolute atomic E-state index is 5.77. The summed E-state index contributed by atoms with van der Waals surface area (Å²) in [6.45, 7) is 2.16. The fourth-order valence-corrected chi connectivity index (χ4v) is 2.56. The van der Waals surface area contributed by atoms with Crippen molar-refractivity contribution in [3.05, 3.63) is 42.0 Å². The Morgan fingerprint density at radius 2 is 1.94 bits per heavy atom. The average Bonchev–Trinajstić information content (AvgIpc) is 2.58. The van der Waals surface area contributed by atoms with Crippen LogP contribution < -0.4 is 0 Å².